The molecule has 0 fully saturated rings. The summed E-state index contributed by atoms with van der Waals surface area (Å²) in [7, 11) is 1.71. The number of amides is 2. The van der Waals surface area contributed by atoms with Crippen molar-refractivity contribution in [2.24, 2.45) is 13.0 Å². The van der Waals surface area contributed by atoms with Crippen LogP contribution in [0.15, 0.2) is 47.6 Å². The van der Waals surface area contributed by atoms with E-state index < -0.39 is 29.6 Å². The van der Waals surface area contributed by atoms with Crippen molar-refractivity contribution in [3.8, 4) is 0 Å². The van der Waals surface area contributed by atoms with Crippen molar-refractivity contribution in [1.29, 1.82) is 0 Å². The Morgan fingerprint density at radius 1 is 1.11 bits per heavy atom. The number of rotatable bonds is 9. The molecule has 0 bridgehead atoms. The fourth-order valence-corrected chi connectivity index (χ4v) is 4.68. The lowest BCUT2D eigenvalue weighted by Crippen LogP contribution is -2.31. The molecule has 0 aliphatic rings. The maximum absolute atomic E-state index is 12.9. The van der Waals surface area contributed by atoms with Gasteiger partial charge in [-0.15, -0.1) is 10.2 Å². The van der Waals surface area contributed by atoms with Crippen LogP contribution < -0.4 is 10.6 Å². The minimum Gasteiger partial charge on any atom is -0.342 e. The third-order valence-electron chi connectivity index (χ3n) is 5.17. The van der Waals surface area contributed by atoms with E-state index in [1.807, 2.05) is 13.8 Å². The number of carbonyl (C=O) groups excluding carboxylic acids is 2. The second-order valence-corrected chi connectivity index (χ2v) is 10.4. The molecule has 0 aliphatic carbocycles. The molecule has 37 heavy (non-hydrogen) atoms. The van der Waals surface area contributed by atoms with Crippen molar-refractivity contribution >= 4 is 52.5 Å². The van der Waals surface area contributed by atoms with Gasteiger partial charge in [0.1, 0.15) is 0 Å². The Hall–Kier alpha value is -2.76. The van der Waals surface area contributed by atoms with Crippen molar-refractivity contribution in [3.05, 3.63) is 69.5 Å². The number of nitrogens with zero attached hydrogens (tertiary/aromatic N) is 3. The largest absolute Gasteiger partial charge is 0.416 e. The molecule has 3 aromatic rings. The predicted octanol–water partition coefficient (Wildman–Crippen LogP) is 6.39. The minimum absolute atomic E-state index is 0.0413. The first kappa shape index (κ1) is 28.8. The first-order valence-electron chi connectivity index (χ1n) is 11.1. The Labute approximate surface area is 226 Å². The summed E-state index contributed by atoms with van der Waals surface area (Å²) < 4.78 is 40.4. The predicted molar refractivity (Wildman–Crippen MR) is 138 cm³/mol. The van der Waals surface area contributed by atoms with E-state index in [0.29, 0.717) is 22.4 Å². The highest BCUT2D eigenvalue weighted by atomic mass is 35.5. The van der Waals surface area contributed by atoms with Gasteiger partial charge in [-0.3, -0.25) is 9.59 Å². The Kier molecular flexibility index (Phi) is 9.49. The van der Waals surface area contributed by atoms with Crippen molar-refractivity contribution in [2.45, 2.75) is 37.6 Å². The van der Waals surface area contributed by atoms with E-state index in [9.17, 15) is 22.8 Å². The number of aromatic nitrogens is 3. The molecule has 1 aromatic heterocycles. The number of alkyl halides is 3. The molecule has 0 saturated carbocycles. The zero-order chi connectivity index (χ0) is 27.3. The molecule has 2 amide bonds. The molecule has 7 nitrogen and oxygen atoms in total. The van der Waals surface area contributed by atoms with Gasteiger partial charge >= 0.3 is 6.18 Å². The lowest BCUT2D eigenvalue weighted by atomic mass is 10.0. The number of hydrogen-bond donors (Lipinski definition) is 2. The van der Waals surface area contributed by atoms with E-state index in [0.717, 1.165) is 23.9 Å². The van der Waals surface area contributed by atoms with Gasteiger partial charge in [0.05, 0.1) is 27.9 Å². The standard InChI is InChI=1S/C24H24Cl2F3N5O2S/c1-13(2)9-19(31-22(36)17-8-7-15(25)11-18(17)26)21-32-33-23(34(21)3)37-12-20(35)30-16-6-4-5-14(10-16)24(27,28)29/h4-8,10-11,13,19H,9,12H2,1-3H3,(H,30,35)(H,31,36)/t19-/m1/s1. The van der Waals surface area contributed by atoms with Crippen LogP contribution in [-0.4, -0.2) is 32.3 Å². The SMILES string of the molecule is CC(C)C[C@@H](NC(=O)c1ccc(Cl)cc1Cl)c1nnc(SCC(=O)Nc2cccc(C(F)(F)F)c2)n1C. The number of nitrogens with one attached hydrogen (secondary N) is 2. The highest BCUT2D eigenvalue weighted by Crippen LogP contribution is 2.31. The number of hydrogen-bond acceptors (Lipinski definition) is 5. The summed E-state index contributed by atoms with van der Waals surface area (Å²) >= 11 is 13.2. The number of halogens is 5. The van der Waals surface area contributed by atoms with Crippen molar-refractivity contribution < 1.29 is 22.8 Å². The third-order valence-corrected chi connectivity index (χ3v) is 6.74. The quantitative estimate of drug-likeness (QED) is 0.289. The van der Waals surface area contributed by atoms with Crippen molar-refractivity contribution in [3.63, 3.8) is 0 Å². The minimum atomic E-state index is -4.51. The fraction of sp³-hybridized carbons (Fsp3) is 0.333. The number of benzene rings is 2. The van der Waals surface area contributed by atoms with E-state index in [2.05, 4.69) is 20.8 Å². The summed E-state index contributed by atoms with van der Waals surface area (Å²) in [4.78, 5) is 25.3. The van der Waals surface area contributed by atoms with Crippen LogP contribution in [0.1, 0.15) is 48.1 Å². The topological polar surface area (TPSA) is 88.9 Å². The Morgan fingerprint density at radius 3 is 2.49 bits per heavy atom. The van der Waals surface area contributed by atoms with Gasteiger partial charge in [0.15, 0.2) is 11.0 Å². The highest BCUT2D eigenvalue weighted by Gasteiger charge is 2.30. The van der Waals surface area contributed by atoms with E-state index in [1.165, 1.54) is 24.3 Å². The first-order chi connectivity index (χ1) is 17.3. The lowest BCUT2D eigenvalue weighted by molar-refractivity contribution is -0.137. The van der Waals surface area contributed by atoms with E-state index in [1.54, 1.807) is 17.7 Å². The molecule has 0 unspecified atom stereocenters. The van der Waals surface area contributed by atoms with E-state index in [4.69, 9.17) is 23.2 Å². The average Bonchev–Trinajstić information content (AvgIpc) is 3.16. The second kappa shape index (κ2) is 12.2. The van der Waals surface area contributed by atoms with E-state index >= 15 is 0 Å². The van der Waals surface area contributed by atoms with Gasteiger partial charge in [-0.2, -0.15) is 13.2 Å². The normalized spacial score (nSPS) is 12.5. The maximum Gasteiger partial charge on any atom is 0.416 e. The molecule has 0 saturated heterocycles. The summed E-state index contributed by atoms with van der Waals surface area (Å²) in [6, 6.07) is 8.50. The van der Waals surface area contributed by atoms with Gasteiger partial charge in [-0.05, 0) is 48.7 Å². The van der Waals surface area contributed by atoms with Gasteiger partial charge in [0.25, 0.3) is 5.91 Å². The molecule has 1 atom stereocenters. The van der Waals surface area contributed by atoms with Gasteiger partial charge in [0.2, 0.25) is 5.91 Å². The Balaban J connectivity index is 1.69. The summed E-state index contributed by atoms with van der Waals surface area (Å²) in [5.41, 5.74) is -0.545. The number of carbonyl (C=O) groups is 2. The second-order valence-electron chi connectivity index (χ2n) is 8.59. The van der Waals surface area contributed by atoms with Crippen LogP contribution in [0.5, 0.6) is 0 Å². The van der Waals surface area contributed by atoms with Crippen molar-refractivity contribution in [1.82, 2.24) is 20.1 Å². The van der Waals surface area contributed by atoms with Gasteiger partial charge in [-0.25, -0.2) is 0 Å². The molecule has 1 heterocycles. The van der Waals surface area contributed by atoms with Gasteiger partial charge in [0, 0.05) is 17.8 Å². The molecule has 2 aromatic carbocycles. The monoisotopic (exact) mass is 573 g/mol. The van der Waals surface area contributed by atoms with Gasteiger partial charge < -0.3 is 15.2 Å². The molecular weight excluding hydrogens is 550 g/mol. The van der Waals surface area contributed by atoms with Crippen LogP contribution in [0.2, 0.25) is 10.0 Å². The van der Waals surface area contributed by atoms with Crippen LogP contribution in [0.4, 0.5) is 18.9 Å². The number of thioether (sulfide) groups is 1. The maximum atomic E-state index is 12.9. The van der Waals surface area contributed by atoms with E-state index in [-0.39, 0.29) is 27.9 Å². The lowest BCUT2D eigenvalue weighted by Gasteiger charge is -2.20. The molecule has 3 rings (SSSR count). The fourth-order valence-electron chi connectivity index (χ4n) is 3.47. The third kappa shape index (κ3) is 7.86. The molecule has 0 aliphatic heterocycles. The summed E-state index contributed by atoms with van der Waals surface area (Å²) in [6.45, 7) is 4.00. The average molecular weight is 574 g/mol. The molecule has 13 heteroatoms. The van der Waals surface area contributed by atoms with Crippen LogP contribution in [-0.2, 0) is 18.0 Å². The highest BCUT2D eigenvalue weighted by molar-refractivity contribution is 7.99. The van der Waals surface area contributed by atoms with Gasteiger partial charge in [-0.1, -0.05) is 54.9 Å². The zero-order valence-corrected chi connectivity index (χ0v) is 22.4. The first-order valence-corrected chi connectivity index (χ1v) is 12.8. The summed E-state index contributed by atoms with van der Waals surface area (Å²) in [5, 5.41) is 14.8. The molecule has 198 valence electrons. The molecule has 0 radical (unpaired) electrons. The van der Waals surface area contributed by atoms with Crippen LogP contribution in [0.3, 0.4) is 0 Å². The Morgan fingerprint density at radius 2 is 1.84 bits per heavy atom. The molecule has 0 spiro atoms. The van der Waals surface area contributed by atoms with Crippen LogP contribution >= 0.6 is 35.0 Å². The van der Waals surface area contributed by atoms with Crippen LogP contribution in [0, 0.1) is 5.92 Å². The molecular formula is C24H24Cl2F3N5O2S. The number of anilines is 1. The smallest absolute Gasteiger partial charge is 0.342 e. The molecule has 2 N–H and O–H groups in total. The van der Waals surface area contributed by atoms with Crippen LogP contribution in [0.25, 0.3) is 0 Å². The van der Waals surface area contributed by atoms with Crippen molar-refractivity contribution in [2.75, 3.05) is 11.1 Å². The summed E-state index contributed by atoms with van der Waals surface area (Å²) in [6.07, 6.45) is -3.95. The summed E-state index contributed by atoms with van der Waals surface area (Å²) in [5.74, 6) is -0.322. The zero-order valence-electron chi connectivity index (χ0n) is 20.1. The Bertz CT molecular complexity index is 1280.